The van der Waals surface area contributed by atoms with Crippen molar-refractivity contribution in [3.8, 4) is 0 Å². The van der Waals surface area contributed by atoms with Gasteiger partial charge in [0.1, 0.15) is 0 Å². The number of carboxylic acid groups (broad SMARTS) is 1. The van der Waals surface area contributed by atoms with Crippen LogP contribution < -0.4 is 0 Å². The second-order valence-electron chi connectivity index (χ2n) is 3.38. The molecule has 1 N–H and O–H groups in total. The lowest BCUT2D eigenvalue weighted by atomic mass is 10.1. The molecule has 0 spiro atoms. The fraction of sp³-hybridized carbons (Fsp3) is 0.182. The van der Waals surface area contributed by atoms with Crippen LogP contribution in [-0.2, 0) is 5.75 Å². The van der Waals surface area contributed by atoms with Crippen LogP contribution in [0.2, 0.25) is 0 Å². The quantitative estimate of drug-likeness (QED) is 0.839. The summed E-state index contributed by atoms with van der Waals surface area (Å²) in [5.41, 5.74) is 1.19. The highest BCUT2D eigenvalue weighted by Crippen LogP contribution is 2.21. The Balaban J connectivity index is 2.04. The van der Waals surface area contributed by atoms with Crippen LogP contribution in [0.25, 0.3) is 0 Å². The van der Waals surface area contributed by atoms with Gasteiger partial charge in [0.15, 0.2) is 0 Å². The smallest absolute Gasteiger partial charge is 0.335 e. The number of rotatable bonds is 4. The molecule has 0 amide bonds. The summed E-state index contributed by atoms with van der Waals surface area (Å²) in [6.07, 6.45) is 0. The van der Waals surface area contributed by atoms with Gasteiger partial charge in [-0.05, 0) is 17.7 Å². The van der Waals surface area contributed by atoms with Crippen LogP contribution in [0.1, 0.15) is 21.8 Å². The lowest BCUT2D eigenvalue weighted by Gasteiger charge is -2.00. The normalized spacial score (nSPS) is 10.4. The summed E-state index contributed by atoms with van der Waals surface area (Å²) in [5, 5.41) is 16.9. The van der Waals surface area contributed by atoms with Crippen molar-refractivity contribution >= 4 is 17.7 Å². The number of carboxylic acids is 1. The molecular weight excluding hydrogens is 240 g/mol. The highest BCUT2D eigenvalue weighted by molar-refractivity contribution is 7.98. The molecule has 1 heterocycles. The van der Waals surface area contributed by atoms with E-state index in [4.69, 9.17) is 9.52 Å². The van der Waals surface area contributed by atoms with Crippen molar-refractivity contribution in [1.82, 2.24) is 10.2 Å². The van der Waals surface area contributed by atoms with E-state index in [0.29, 0.717) is 16.9 Å². The molecule has 0 fully saturated rings. The Kier molecular flexibility index (Phi) is 3.43. The number of carbonyl (C=O) groups is 1. The van der Waals surface area contributed by atoms with E-state index in [1.54, 1.807) is 25.1 Å². The van der Waals surface area contributed by atoms with E-state index in [0.717, 1.165) is 5.56 Å². The fourth-order valence-corrected chi connectivity index (χ4v) is 2.02. The van der Waals surface area contributed by atoms with E-state index < -0.39 is 5.97 Å². The molecule has 6 heteroatoms. The lowest BCUT2D eigenvalue weighted by molar-refractivity contribution is 0.0697. The highest BCUT2D eigenvalue weighted by Gasteiger charge is 2.06. The van der Waals surface area contributed by atoms with Crippen molar-refractivity contribution in [2.24, 2.45) is 0 Å². The summed E-state index contributed by atoms with van der Waals surface area (Å²) in [7, 11) is 0. The Morgan fingerprint density at radius 2 is 2.29 bits per heavy atom. The van der Waals surface area contributed by atoms with Crippen LogP contribution in [-0.4, -0.2) is 21.3 Å². The van der Waals surface area contributed by atoms with Crippen LogP contribution in [0.15, 0.2) is 33.9 Å². The number of hydrogen-bond donors (Lipinski definition) is 1. The molecule has 0 aliphatic carbocycles. The monoisotopic (exact) mass is 250 g/mol. The molecule has 0 aliphatic rings. The first-order valence-electron chi connectivity index (χ1n) is 4.90. The van der Waals surface area contributed by atoms with Crippen molar-refractivity contribution in [3.05, 3.63) is 41.3 Å². The van der Waals surface area contributed by atoms with Gasteiger partial charge in [-0.3, -0.25) is 0 Å². The Bertz CT molecular complexity index is 539. The molecule has 0 radical (unpaired) electrons. The maximum atomic E-state index is 10.8. The predicted molar refractivity (Wildman–Crippen MR) is 62.0 cm³/mol. The van der Waals surface area contributed by atoms with Crippen molar-refractivity contribution in [2.75, 3.05) is 0 Å². The fourth-order valence-electron chi connectivity index (χ4n) is 1.28. The molecule has 1 aromatic carbocycles. The van der Waals surface area contributed by atoms with E-state index in [1.165, 1.54) is 11.8 Å². The molecule has 0 saturated heterocycles. The van der Waals surface area contributed by atoms with Gasteiger partial charge < -0.3 is 9.52 Å². The summed E-state index contributed by atoms with van der Waals surface area (Å²) >= 11 is 1.38. The first-order valence-corrected chi connectivity index (χ1v) is 5.89. The third-order valence-electron chi connectivity index (χ3n) is 2.04. The summed E-state index contributed by atoms with van der Waals surface area (Å²) in [6.45, 7) is 1.72. The maximum absolute atomic E-state index is 10.8. The molecule has 0 bridgehead atoms. The standard InChI is InChI=1S/C11H10N2O3S/c1-7-12-13-11(16-7)17-6-8-3-2-4-9(5-8)10(14)15/h2-5H,6H2,1H3,(H,14,15). The number of thioether (sulfide) groups is 1. The molecular formula is C11H10N2O3S. The van der Waals surface area contributed by atoms with E-state index >= 15 is 0 Å². The molecule has 2 aromatic rings. The zero-order valence-electron chi connectivity index (χ0n) is 9.08. The van der Waals surface area contributed by atoms with Crippen LogP contribution in [0.4, 0.5) is 0 Å². The maximum Gasteiger partial charge on any atom is 0.335 e. The molecule has 0 aliphatic heterocycles. The van der Waals surface area contributed by atoms with Crippen molar-refractivity contribution in [1.29, 1.82) is 0 Å². The van der Waals surface area contributed by atoms with Crippen LogP contribution in [0, 0.1) is 6.92 Å². The van der Waals surface area contributed by atoms with Crippen molar-refractivity contribution < 1.29 is 14.3 Å². The predicted octanol–water partition coefficient (Wildman–Crippen LogP) is 2.37. The number of hydrogen-bond acceptors (Lipinski definition) is 5. The molecule has 0 unspecified atom stereocenters. The van der Waals surface area contributed by atoms with E-state index in [2.05, 4.69) is 10.2 Å². The third kappa shape index (κ3) is 3.07. The minimum Gasteiger partial charge on any atom is -0.478 e. The van der Waals surface area contributed by atoms with Gasteiger partial charge in [0.05, 0.1) is 5.56 Å². The largest absolute Gasteiger partial charge is 0.478 e. The first-order chi connectivity index (χ1) is 8.15. The van der Waals surface area contributed by atoms with Crippen LogP contribution in [0.3, 0.4) is 0 Å². The van der Waals surface area contributed by atoms with Gasteiger partial charge in [-0.15, -0.1) is 10.2 Å². The number of nitrogens with zero attached hydrogens (tertiary/aromatic N) is 2. The minimum atomic E-state index is -0.925. The van der Waals surface area contributed by atoms with Gasteiger partial charge >= 0.3 is 5.97 Å². The summed E-state index contributed by atoms with van der Waals surface area (Å²) < 4.78 is 5.21. The summed E-state index contributed by atoms with van der Waals surface area (Å²) in [6, 6.07) is 6.78. The molecule has 0 atom stereocenters. The molecule has 1 aromatic heterocycles. The lowest BCUT2D eigenvalue weighted by Crippen LogP contribution is -1.96. The van der Waals surface area contributed by atoms with E-state index in [1.807, 2.05) is 6.07 Å². The van der Waals surface area contributed by atoms with Crippen LogP contribution >= 0.6 is 11.8 Å². The molecule has 17 heavy (non-hydrogen) atoms. The van der Waals surface area contributed by atoms with Gasteiger partial charge in [-0.1, -0.05) is 23.9 Å². The minimum absolute atomic E-state index is 0.282. The van der Waals surface area contributed by atoms with Crippen molar-refractivity contribution in [3.63, 3.8) is 0 Å². The zero-order valence-corrected chi connectivity index (χ0v) is 9.90. The number of benzene rings is 1. The molecule has 2 rings (SSSR count). The van der Waals surface area contributed by atoms with E-state index in [9.17, 15) is 4.79 Å². The SMILES string of the molecule is Cc1nnc(SCc2cccc(C(=O)O)c2)o1. The number of aromatic carboxylic acids is 1. The highest BCUT2D eigenvalue weighted by atomic mass is 32.2. The van der Waals surface area contributed by atoms with Gasteiger partial charge in [-0.2, -0.15) is 0 Å². The van der Waals surface area contributed by atoms with Gasteiger partial charge in [0.2, 0.25) is 5.89 Å². The second kappa shape index (κ2) is 5.01. The summed E-state index contributed by atoms with van der Waals surface area (Å²) in [5.74, 6) is 0.195. The first kappa shape index (κ1) is 11.7. The topological polar surface area (TPSA) is 76.2 Å². The van der Waals surface area contributed by atoms with Crippen LogP contribution in [0.5, 0.6) is 0 Å². The average molecular weight is 250 g/mol. The Hall–Kier alpha value is -1.82. The van der Waals surface area contributed by atoms with Gasteiger partial charge in [0, 0.05) is 12.7 Å². The number of aryl methyl sites for hydroxylation is 1. The molecule has 88 valence electrons. The Morgan fingerprint density at radius 1 is 1.47 bits per heavy atom. The second-order valence-corrected chi connectivity index (χ2v) is 4.31. The Labute approximate surface area is 102 Å². The third-order valence-corrected chi connectivity index (χ3v) is 2.93. The molecule has 5 nitrogen and oxygen atoms in total. The van der Waals surface area contributed by atoms with Crippen molar-refractivity contribution in [2.45, 2.75) is 17.9 Å². The average Bonchev–Trinajstić information content (AvgIpc) is 2.73. The summed E-state index contributed by atoms with van der Waals surface area (Å²) in [4.78, 5) is 10.8. The van der Waals surface area contributed by atoms with Gasteiger partial charge in [-0.25, -0.2) is 4.79 Å². The Morgan fingerprint density at radius 3 is 2.94 bits per heavy atom. The number of aromatic nitrogens is 2. The molecule has 0 saturated carbocycles. The van der Waals surface area contributed by atoms with Gasteiger partial charge in [0.25, 0.3) is 5.22 Å². The zero-order chi connectivity index (χ0) is 12.3. The van der Waals surface area contributed by atoms with E-state index in [-0.39, 0.29) is 5.56 Å².